The first-order valence-electron chi connectivity index (χ1n) is 7.27. The van der Waals surface area contributed by atoms with Gasteiger partial charge in [0.05, 0.1) is 12.7 Å². The number of ether oxygens (including phenoxy) is 1. The molecular weight excluding hydrogens is 284 g/mol. The van der Waals surface area contributed by atoms with Gasteiger partial charge in [0.25, 0.3) is 0 Å². The zero-order valence-electron chi connectivity index (χ0n) is 11.9. The fraction of sp³-hybridized carbons (Fsp3) is 0.353. The molecular formula is C17H19ClN2O. The molecule has 1 aromatic carbocycles. The van der Waals surface area contributed by atoms with E-state index in [0.717, 1.165) is 43.2 Å². The summed E-state index contributed by atoms with van der Waals surface area (Å²) in [5.74, 6) is 0. The molecule has 4 heteroatoms. The number of aromatic nitrogens is 1. The first kappa shape index (κ1) is 14.5. The number of rotatable bonds is 4. The molecule has 1 aromatic heterocycles. The van der Waals surface area contributed by atoms with E-state index < -0.39 is 0 Å². The van der Waals surface area contributed by atoms with Gasteiger partial charge in [-0.15, -0.1) is 0 Å². The van der Waals surface area contributed by atoms with Gasteiger partial charge >= 0.3 is 0 Å². The van der Waals surface area contributed by atoms with E-state index in [1.54, 1.807) is 0 Å². The molecule has 2 aromatic rings. The summed E-state index contributed by atoms with van der Waals surface area (Å²) < 4.78 is 5.89. The Kier molecular flexibility index (Phi) is 4.86. The summed E-state index contributed by atoms with van der Waals surface area (Å²) in [6, 6.07) is 12.1. The van der Waals surface area contributed by atoms with E-state index in [9.17, 15) is 0 Å². The van der Waals surface area contributed by atoms with Gasteiger partial charge in [0.15, 0.2) is 0 Å². The molecule has 0 radical (unpaired) electrons. The number of hydrogen-bond donors (Lipinski definition) is 0. The molecule has 0 saturated carbocycles. The topological polar surface area (TPSA) is 25.4 Å². The highest BCUT2D eigenvalue weighted by Gasteiger charge is 2.21. The SMILES string of the molecule is Clc1ccccc1CC1CN(Cc2cccnc2)CCO1. The van der Waals surface area contributed by atoms with Gasteiger partial charge in [0.1, 0.15) is 0 Å². The third kappa shape index (κ3) is 4.03. The molecule has 3 rings (SSSR count). The van der Waals surface area contributed by atoms with Crippen molar-refractivity contribution in [3.8, 4) is 0 Å². The lowest BCUT2D eigenvalue weighted by molar-refractivity contribution is -0.0305. The minimum absolute atomic E-state index is 0.204. The monoisotopic (exact) mass is 302 g/mol. The highest BCUT2D eigenvalue weighted by Crippen LogP contribution is 2.20. The van der Waals surface area contributed by atoms with Gasteiger partial charge in [-0.1, -0.05) is 35.9 Å². The number of pyridine rings is 1. The number of hydrogen-bond acceptors (Lipinski definition) is 3. The van der Waals surface area contributed by atoms with Crippen LogP contribution < -0.4 is 0 Å². The number of morpholine rings is 1. The molecule has 1 unspecified atom stereocenters. The lowest BCUT2D eigenvalue weighted by Gasteiger charge is -2.33. The van der Waals surface area contributed by atoms with Gasteiger partial charge in [-0.2, -0.15) is 0 Å². The normalized spacial score (nSPS) is 19.6. The zero-order valence-corrected chi connectivity index (χ0v) is 12.7. The van der Waals surface area contributed by atoms with Crippen molar-refractivity contribution in [1.29, 1.82) is 0 Å². The predicted octanol–water partition coefficient (Wildman–Crippen LogP) is 3.18. The maximum absolute atomic E-state index is 6.23. The van der Waals surface area contributed by atoms with E-state index >= 15 is 0 Å². The van der Waals surface area contributed by atoms with E-state index in [1.807, 2.05) is 36.7 Å². The van der Waals surface area contributed by atoms with Crippen LogP contribution in [0.25, 0.3) is 0 Å². The van der Waals surface area contributed by atoms with Crippen molar-refractivity contribution in [2.75, 3.05) is 19.7 Å². The average molecular weight is 303 g/mol. The Morgan fingerprint density at radius 2 is 2.14 bits per heavy atom. The predicted molar refractivity (Wildman–Crippen MR) is 84.4 cm³/mol. The van der Waals surface area contributed by atoms with E-state index in [0.29, 0.717) is 0 Å². The van der Waals surface area contributed by atoms with Crippen molar-refractivity contribution >= 4 is 11.6 Å². The smallest absolute Gasteiger partial charge is 0.0743 e. The van der Waals surface area contributed by atoms with Gasteiger partial charge in [0.2, 0.25) is 0 Å². The summed E-state index contributed by atoms with van der Waals surface area (Å²) >= 11 is 6.23. The van der Waals surface area contributed by atoms with Crippen LogP contribution in [-0.4, -0.2) is 35.7 Å². The quantitative estimate of drug-likeness (QED) is 0.867. The van der Waals surface area contributed by atoms with Gasteiger partial charge in [-0.25, -0.2) is 0 Å². The summed E-state index contributed by atoms with van der Waals surface area (Å²) in [7, 11) is 0. The van der Waals surface area contributed by atoms with Crippen molar-refractivity contribution in [1.82, 2.24) is 9.88 Å². The van der Waals surface area contributed by atoms with Crippen molar-refractivity contribution in [3.05, 3.63) is 64.9 Å². The molecule has 1 atom stereocenters. The second kappa shape index (κ2) is 7.03. The van der Waals surface area contributed by atoms with Crippen LogP contribution in [0.3, 0.4) is 0 Å². The molecule has 1 aliphatic heterocycles. The summed E-state index contributed by atoms with van der Waals surface area (Å²) in [5, 5.41) is 0.825. The van der Waals surface area contributed by atoms with E-state index in [1.165, 1.54) is 5.56 Å². The fourth-order valence-electron chi connectivity index (χ4n) is 2.71. The van der Waals surface area contributed by atoms with Crippen LogP contribution in [-0.2, 0) is 17.7 Å². The first-order chi connectivity index (χ1) is 10.3. The summed E-state index contributed by atoms with van der Waals surface area (Å²) in [4.78, 5) is 6.59. The van der Waals surface area contributed by atoms with Crippen molar-refractivity contribution in [2.24, 2.45) is 0 Å². The fourth-order valence-corrected chi connectivity index (χ4v) is 2.92. The summed E-state index contributed by atoms with van der Waals surface area (Å²) in [6.45, 7) is 3.60. The molecule has 1 fully saturated rings. The Morgan fingerprint density at radius 3 is 2.95 bits per heavy atom. The minimum atomic E-state index is 0.204. The highest BCUT2D eigenvalue weighted by molar-refractivity contribution is 6.31. The molecule has 2 heterocycles. The van der Waals surface area contributed by atoms with Gasteiger partial charge in [0, 0.05) is 43.5 Å². The zero-order chi connectivity index (χ0) is 14.5. The first-order valence-corrected chi connectivity index (χ1v) is 7.65. The van der Waals surface area contributed by atoms with Crippen LogP contribution in [0.4, 0.5) is 0 Å². The summed E-state index contributed by atoms with van der Waals surface area (Å²) in [6.07, 6.45) is 4.81. The Labute approximate surface area is 130 Å². The molecule has 1 aliphatic rings. The van der Waals surface area contributed by atoms with Crippen molar-refractivity contribution in [2.45, 2.75) is 19.1 Å². The molecule has 0 amide bonds. The third-order valence-corrected chi connectivity index (χ3v) is 4.13. The van der Waals surface area contributed by atoms with Crippen molar-refractivity contribution < 1.29 is 4.74 Å². The standard InChI is InChI=1S/C17H19ClN2O/c18-17-6-2-1-5-15(17)10-16-13-20(8-9-21-16)12-14-4-3-7-19-11-14/h1-7,11,16H,8-10,12-13H2. The molecule has 1 saturated heterocycles. The molecule has 0 spiro atoms. The average Bonchev–Trinajstić information content (AvgIpc) is 2.51. The third-order valence-electron chi connectivity index (χ3n) is 3.76. The number of benzene rings is 1. The molecule has 3 nitrogen and oxygen atoms in total. The van der Waals surface area contributed by atoms with Crippen LogP contribution >= 0.6 is 11.6 Å². The summed E-state index contributed by atoms with van der Waals surface area (Å²) in [5.41, 5.74) is 2.41. The van der Waals surface area contributed by atoms with Crippen LogP contribution in [0.15, 0.2) is 48.8 Å². The lowest BCUT2D eigenvalue weighted by atomic mass is 10.1. The highest BCUT2D eigenvalue weighted by atomic mass is 35.5. The largest absolute Gasteiger partial charge is 0.375 e. The number of halogens is 1. The number of nitrogens with zero attached hydrogens (tertiary/aromatic N) is 2. The van der Waals surface area contributed by atoms with Crippen LogP contribution in [0.1, 0.15) is 11.1 Å². The Balaban J connectivity index is 1.60. The van der Waals surface area contributed by atoms with Gasteiger partial charge in [-0.05, 0) is 23.3 Å². The second-order valence-corrected chi connectivity index (χ2v) is 5.79. The Morgan fingerprint density at radius 1 is 1.24 bits per heavy atom. The minimum Gasteiger partial charge on any atom is -0.375 e. The van der Waals surface area contributed by atoms with Crippen LogP contribution in [0.2, 0.25) is 5.02 Å². The molecule has 0 bridgehead atoms. The van der Waals surface area contributed by atoms with E-state index in [-0.39, 0.29) is 6.10 Å². The maximum atomic E-state index is 6.23. The molecule has 21 heavy (non-hydrogen) atoms. The molecule has 110 valence electrons. The van der Waals surface area contributed by atoms with Gasteiger partial charge < -0.3 is 4.74 Å². The lowest BCUT2D eigenvalue weighted by Crippen LogP contribution is -2.42. The van der Waals surface area contributed by atoms with Crippen LogP contribution in [0.5, 0.6) is 0 Å². The van der Waals surface area contributed by atoms with E-state index in [4.69, 9.17) is 16.3 Å². The van der Waals surface area contributed by atoms with Crippen LogP contribution in [0, 0.1) is 0 Å². The van der Waals surface area contributed by atoms with Crippen molar-refractivity contribution in [3.63, 3.8) is 0 Å². The Bertz CT molecular complexity index is 576. The van der Waals surface area contributed by atoms with E-state index in [2.05, 4.69) is 22.0 Å². The molecule has 0 aliphatic carbocycles. The Hall–Kier alpha value is -1.42. The molecule has 0 N–H and O–H groups in total. The maximum Gasteiger partial charge on any atom is 0.0743 e. The second-order valence-electron chi connectivity index (χ2n) is 5.38. The van der Waals surface area contributed by atoms with Gasteiger partial charge in [-0.3, -0.25) is 9.88 Å².